The number of rotatable bonds is 2. The van der Waals surface area contributed by atoms with Gasteiger partial charge in [0, 0.05) is 24.3 Å². The molecule has 1 aromatic rings. The van der Waals surface area contributed by atoms with Gasteiger partial charge in [0.1, 0.15) is 5.82 Å². The Balaban J connectivity index is 2.40. The summed E-state index contributed by atoms with van der Waals surface area (Å²) >= 11 is 0. The molecule has 1 heterocycles. The summed E-state index contributed by atoms with van der Waals surface area (Å²) < 4.78 is 39.7. The fourth-order valence-corrected chi connectivity index (χ4v) is 3.90. The molecule has 2 rings (SSSR count). The highest BCUT2D eigenvalue weighted by Gasteiger charge is 2.30. The Morgan fingerprint density at radius 2 is 1.95 bits per heavy atom. The van der Waals surface area contributed by atoms with Gasteiger partial charge in [-0.3, -0.25) is 0 Å². The van der Waals surface area contributed by atoms with Crippen LogP contribution in [-0.2, 0) is 10.0 Å². The predicted molar refractivity (Wildman–Crippen MR) is 69.5 cm³/mol. The first-order valence-corrected chi connectivity index (χ1v) is 7.50. The van der Waals surface area contributed by atoms with E-state index in [-0.39, 0.29) is 29.2 Å². The second-order valence-corrected chi connectivity index (χ2v) is 6.67. The summed E-state index contributed by atoms with van der Waals surface area (Å²) in [7, 11) is -3.76. The van der Waals surface area contributed by atoms with Crippen molar-refractivity contribution < 1.29 is 17.9 Å². The minimum absolute atomic E-state index is 0.0697. The molecule has 106 valence electrons. The molecule has 3 N–H and O–H groups in total. The van der Waals surface area contributed by atoms with Crippen molar-refractivity contribution in [2.45, 2.75) is 30.8 Å². The lowest BCUT2D eigenvalue weighted by molar-refractivity contribution is 0.113. The van der Waals surface area contributed by atoms with Gasteiger partial charge < -0.3 is 10.8 Å². The highest BCUT2D eigenvalue weighted by molar-refractivity contribution is 7.89. The number of piperidine rings is 1. The van der Waals surface area contributed by atoms with Crippen molar-refractivity contribution in [2.24, 2.45) is 0 Å². The van der Waals surface area contributed by atoms with E-state index in [0.717, 1.165) is 6.07 Å². The third-order valence-electron chi connectivity index (χ3n) is 3.36. The SMILES string of the molecule is Cc1c(F)cc(N)cc1S(=O)(=O)N1CCC(O)CC1. The number of nitrogens with zero attached hydrogens (tertiary/aromatic N) is 1. The van der Waals surface area contributed by atoms with Crippen molar-refractivity contribution in [2.75, 3.05) is 18.8 Å². The second kappa shape index (κ2) is 5.07. The van der Waals surface area contributed by atoms with Gasteiger partial charge in [-0.2, -0.15) is 4.31 Å². The Hall–Kier alpha value is -1.18. The first kappa shape index (κ1) is 14.2. The molecule has 1 aromatic carbocycles. The number of halogens is 1. The first-order chi connectivity index (χ1) is 8.82. The summed E-state index contributed by atoms with van der Waals surface area (Å²) in [5, 5.41) is 9.40. The summed E-state index contributed by atoms with van der Waals surface area (Å²) in [4.78, 5) is -0.0959. The molecule has 0 atom stereocenters. The Kier molecular flexibility index (Phi) is 3.80. The zero-order chi connectivity index (χ0) is 14.2. The number of nitrogen functional groups attached to an aromatic ring is 1. The van der Waals surface area contributed by atoms with Crippen molar-refractivity contribution in [3.05, 3.63) is 23.5 Å². The quantitative estimate of drug-likeness (QED) is 0.791. The lowest BCUT2D eigenvalue weighted by Crippen LogP contribution is -2.40. The summed E-state index contributed by atoms with van der Waals surface area (Å²) in [5.41, 5.74) is 5.67. The van der Waals surface area contributed by atoms with E-state index >= 15 is 0 Å². The van der Waals surface area contributed by atoms with Crippen molar-refractivity contribution >= 4 is 15.7 Å². The van der Waals surface area contributed by atoms with Crippen LogP contribution in [-0.4, -0.2) is 37.0 Å². The minimum Gasteiger partial charge on any atom is -0.399 e. The number of sulfonamides is 1. The van der Waals surface area contributed by atoms with Gasteiger partial charge >= 0.3 is 0 Å². The van der Waals surface area contributed by atoms with Crippen LogP contribution in [0.25, 0.3) is 0 Å². The third-order valence-corrected chi connectivity index (χ3v) is 5.39. The molecule has 0 amide bonds. The van der Waals surface area contributed by atoms with E-state index in [1.807, 2.05) is 0 Å². The van der Waals surface area contributed by atoms with E-state index in [1.54, 1.807) is 0 Å². The van der Waals surface area contributed by atoms with Gasteiger partial charge in [-0.15, -0.1) is 0 Å². The summed E-state index contributed by atoms with van der Waals surface area (Å²) in [6, 6.07) is 2.38. The third kappa shape index (κ3) is 2.72. The van der Waals surface area contributed by atoms with Gasteiger partial charge in [-0.1, -0.05) is 0 Å². The standard InChI is InChI=1S/C12H17FN2O3S/c1-8-11(13)6-9(14)7-12(8)19(17,18)15-4-2-10(16)3-5-15/h6-7,10,16H,2-5,14H2,1H3. The first-order valence-electron chi connectivity index (χ1n) is 6.06. The average Bonchev–Trinajstić information content (AvgIpc) is 2.34. The lowest BCUT2D eigenvalue weighted by atomic mass is 10.1. The maximum Gasteiger partial charge on any atom is 0.243 e. The summed E-state index contributed by atoms with van der Waals surface area (Å²) in [5.74, 6) is -0.629. The number of benzene rings is 1. The van der Waals surface area contributed by atoms with Crippen molar-refractivity contribution in [3.63, 3.8) is 0 Å². The zero-order valence-corrected chi connectivity index (χ0v) is 11.5. The number of aliphatic hydroxyl groups excluding tert-OH is 1. The van der Waals surface area contributed by atoms with E-state index < -0.39 is 21.9 Å². The fourth-order valence-electron chi connectivity index (χ4n) is 2.16. The highest BCUT2D eigenvalue weighted by atomic mass is 32.2. The van der Waals surface area contributed by atoms with Gasteiger partial charge in [0.25, 0.3) is 0 Å². The van der Waals surface area contributed by atoms with E-state index in [2.05, 4.69) is 0 Å². The maximum absolute atomic E-state index is 13.6. The molecule has 0 aromatic heterocycles. The number of nitrogens with two attached hydrogens (primary N) is 1. The van der Waals surface area contributed by atoms with E-state index in [0.29, 0.717) is 12.8 Å². The largest absolute Gasteiger partial charge is 0.399 e. The van der Waals surface area contributed by atoms with Crippen molar-refractivity contribution in [1.82, 2.24) is 4.31 Å². The van der Waals surface area contributed by atoms with E-state index in [1.165, 1.54) is 17.3 Å². The summed E-state index contributed by atoms with van der Waals surface area (Å²) in [6.45, 7) is 1.89. The van der Waals surface area contributed by atoms with Crippen molar-refractivity contribution in [1.29, 1.82) is 0 Å². The van der Waals surface area contributed by atoms with Crippen LogP contribution in [0.4, 0.5) is 10.1 Å². The number of anilines is 1. The van der Waals surface area contributed by atoms with Crippen LogP contribution in [0.15, 0.2) is 17.0 Å². The molecule has 19 heavy (non-hydrogen) atoms. The normalized spacial score (nSPS) is 18.7. The molecule has 1 fully saturated rings. The minimum atomic E-state index is -3.76. The van der Waals surface area contributed by atoms with Gasteiger partial charge in [-0.05, 0) is 31.9 Å². The molecule has 7 heteroatoms. The van der Waals surface area contributed by atoms with E-state index in [4.69, 9.17) is 5.73 Å². The Morgan fingerprint density at radius 3 is 2.53 bits per heavy atom. The molecule has 0 bridgehead atoms. The summed E-state index contributed by atoms with van der Waals surface area (Å²) in [6.07, 6.45) is 0.316. The zero-order valence-electron chi connectivity index (χ0n) is 10.6. The molecule has 0 aliphatic carbocycles. The number of hydrogen-bond acceptors (Lipinski definition) is 4. The fraction of sp³-hybridized carbons (Fsp3) is 0.500. The number of aliphatic hydroxyl groups is 1. The molecule has 0 radical (unpaired) electrons. The molecular formula is C12H17FN2O3S. The monoisotopic (exact) mass is 288 g/mol. The highest BCUT2D eigenvalue weighted by Crippen LogP contribution is 2.26. The van der Waals surface area contributed by atoms with Gasteiger partial charge in [0.05, 0.1) is 11.0 Å². The van der Waals surface area contributed by atoms with Gasteiger partial charge in [0.2, 0.25) is 10.0 Å². The number of hydrogen-bond donors (Lipinski definition) is 2. The van der Waals surface area contributed by atoms with Crippen LogP contribution < -0.4 is 5.73 Å². The molecule has 1 aliphatic rings. The lowest BCUT2D eigenvalue weighted by Gasteiger charge is -2.29. The molecule has 1 aliphatic heterocycles. The molecule has 0 saturated carbocycles. The Labute approximate surface area is 111 Å². The second-order valence-electron chi connectivity index (χ2n) is 4.76. The van der Waals surface area contributed by atoms with Crippen molar-refractivity contribution in [3.8, 4) is 0 Å². The predicted octanol–water partition coefficient (Wildman–Crippen LogP) is 0.862. The topological polar surface area (TPSA) is 83.6 Å². The van der Waals surface area contributed by atoms with E-state index in [9.17, 15) is 17.9 Å². The van der Waals surface area contributed by atoms with Crippen LogP contribution in [0.5, 0.6) is 0 Å². The molecule has 1 saturated heterocycles. The van der Waals surface area contributed by atoms with Gasteiger partial charge in [-0.25, -0.2) is 12.8 Å². The molecular weight excluding hydrogens is 271 g/mol. The van der Waals surface area contributed by atoms with Crippen LogP contribution in [0.3, 0.4) is 0 Å². The van der Waals surface area contributed by atoms with Crippen LogP contribution >= 0.6 is 0 Å². The van der Waals surface area contributed by atoms with Gasteiger partial charge in [0.15, 0.2) is 0 Å². The molecule has 0 spiro atoms. The van der Waals surface area contributed by atoms with Crippen LogP contribution in [0, 0.1) is 12.7 Å². The van der Waals surface area contributed by atoms with Crippen LogP contribution in [0.1, 0.15) is 18.4 Å². The Morgan fingerprint density at radius 1 is 1.37 bits per heavy atom. The average molecular weight is 288 g/mol. The van der Waals surface area contributed by atoms with Crippen LogP contribution in [0.2, 0.25) is 0 Å². The Bertz CT molecular complexity index is 581. The maximum atomic E-state index is 13.6. The molecule has 0 unspecified atom stereocenters. The smallest absolute Gasteiger partial charge is 0.243 e. The molecule has 5 nitrogen and oxygen atoms in total.